The summed E-state index contributed by atoms with van der Waals surface area (Å²) >= 11 is 0. The highest BCUT2D eigenvalue weighted by molar-refractivity contribution is 5.94. The second kappa shape index (κ2) is 14.1. The maximum atomic E-state index is 13.2. The van der Waals surface area contributed by atoms with Gasteiger partial charge in [0.1, 0.15) is 18.1 Å². The topological polar surface area (TPSA) is 194 Å². The zero-order chi connectivity index (χ0) is 26.7. The summed E-state index contributed by atoms with van der Waals surface area (Å²) in [4.78, 5) is 61.2. The van der Waals surface area contributed by atoms with Crippen molar-refractivity contribution in [2.45, 2.75) is 71.1 Å². The first-order valence-corrected chi connectivity index (χ1v) is 11.5. The Bertz CT molecular complexity index is 890. The number of benzene rings is 1. The Morgan fingerprint density at radius 3 is 1.89 bits per heavy atom. The van der Waals surface area contributed by atoms with Crippen LogP contribution in [0.3, 0.4) is 0 Å². The van der Waals surface area contributed by atoms with E-state index in [1.54, 1.807) is 52.0 Å². The Morgan fingerprint density at radius 1 is 0.829 bits per heavy atom. The maximum Gasteiger partial charge on any atom is 0.326 e. The number of rotatable bonds is 14. The van der Waals surface area contributed by atoms with Crippen molar-refractivity contribution in [3.05, 3.63) is 35.9 Å². The Hall–Kier alpha value is -3.47. The van der Waals surface area contributed by atoms with Crippen molar-refractivity contribution < 1.29 is 29.1 Å². The lowest BCUT2D eigenvalue weighted by Gasteiger charge is -2.27. The second-order valence-electron chi connectivity index (χ2n) is 9.16. The molecule has 0 aliphatic rings. The molecule has 0 aliphatic carbocycles. The standard InChI is InChI=1S/C24H37N5O6/c1-13(2)19(26)22(32)28-17(12-15-8-6-5-7-9-15)21(31)29-20(14(3)4)23(33)27-16(24(34)35)10-11-18(25)30/h5-9,13-14,16-17,19-20H,10-12,26H2,1-4H3,(H2,25,30)(H,27,33)(H,28,32)(H,29,31)(H,34,35). The van der Waals surface area contributed by atoms with Gasteiger partial charge in [-0.05, 0) is 23.8 Å². The average Bonchev–Trinajstić information content (AvgIpc) is 2.78. The summed E-state index contributed by atoms with van der Waals surface area (Å²) in [6.45, 7) is 6.94. The average molecular weight is 492 g/mol. The lowest BCUT2D eigenvalue weighted by atomic mass is 9.99. The van der Waals surface area contributed by atoms with Gasteiger partial charge < -0.3 is 32.5 Å². The van der Waals surface area contributed by atoms with Crippen LogP contribution in [0.1, 0.15) is 46.1 Å². The molecular weight excluding hydrogens is 454 g/mol. The molecule has 0 radical (unpaired) electrons. The highest BCUT2D eigenvalue weighted by Crippen LogP contribution is 2.09. The van der Waals surface area contributed by atoms with E-state index in [0.29, 0.717) is 0 Å². The number of aliphatic carboxylic acids is 1. The first-order valence-electron chi connectivity index (χ1n) is 11.5. The van der Waals surface area contributed by atoms with Gasteiger partial charge in [0, 0.05) is 12.8 Å². The van der Waals surface area contributed by atoms with E-state index in [4.69, 9.17) is 11.5 Å². The molecule has 4 atom stereocenters. The van der Waals surface area contributed by atoms with Crippen LogP contribution in [0.25, 0.3) is 0 Å². The van der Waals surface area contributed by atoms with Crippen molar-refractivity contribution in [2.75, 3.05) is 0 Å². The van der Waals surface area contributed by atoms with E-state index in [0.717, 1.165) is 5.56 Å². The zero-order valence-corrected chi connectivity index (χ0v) is 20.6. The van der Waals surface area contributed by atoms with Crippen molar-refractivity contribution in [3.63, 3.8) is 0 Å². The van der Waals surface area contributed by atoms with Gasteiger partial charge in [-0.1, -0.05) is 58.0 Å². The van der Waals surface area contributed by atoms with E-state index in [1.165, 1.54) is 0 Å². The van der Waals surface area contributed by atoms with E-state index in [9.17, 15) is 29.1 Å². The highest BCUT2D eigenvalue weighted by atomic mass is 16.4. The summed E-state index contributed by atoms with van der Waals surface area (Å²) in [6, 6.07) is 4.74. The van der Waals surface area contributed by atoms with Crippen LogP contribution in [-0.2, 0) is 30.4 Å². The van der Waals surface area contributed by atoms with Gasteiger partial charge in [-0.2, -0.15) is 0 Å². The molecule has 0 spiro atoms. The first-order chi connectivity index (χ1) is 16.3. The first kappa shape index (κ1) is 29.6. The predicted octanol–water partition coefficient (Wildman–Crippen LogP) is -0.327. The van der Waals surface area contributed by atoms with Gasteiger partial charge in [0.15, 0.2) is 0 Å². The summed E-state index contributed by atoms with van der Waals surface area (Å²) in [5.74, 6) is -4.43. The molecule has 1 aromatic rings. The van der Waals surface area contributed by atoms with Crippen LogP contribution in [0, 0.1) is 11.8 Å². The minimum Gasteiger partial charge on any atom is -0.480 e. The molecule has 0 aliphatic heterocycles. The van der Waals surface area contributed by atoms with E-state index < -0.39 is 59.7 Å². The van der Waals surface area contributed by atoms with Crippen LogP contribution in [0.2, 0.25) is 0 Å². The second-order valence-corrected chi connectivity index (χ2v) is 9.16. The third-order valence-electron chi connectivity index (χ3n) is 5.48. The Kier molecular flexibility index (Phi) is 11.9. The number of carbonyl (C=O) groups is 5. The van der Waals surface area contributed by atoms with E-state index in [-0.39, 0.29) is 25.2 Å². The maximum absolute atomic E-state index is 13.2. The van der Waals surface area contributed by atoms with Crippen molar-refractivity contribution in [3.8, 4) is 0 Å². The Morgan fingerprint density at radius 2 is 1.40 bits per heavy atom. The monoisotopic (exact) mass is 491 g/mol. The molecule has 0 aromatic heterocycles. The SMILES string of the molecule is CC(C)C(N)C(=O)NC(Cc1ccccc1)C(=O)NC(C(=O)NC(CCC(N)=O)C(=O)O)C(C)C. The van der Waals surface area contributed by atoms with Gasteiger partial charge in [0.05, 0.1) is 6.04 Å². The molecule has 35 heavy (non-hydrogen) atoms. The number of carbonyl (C=O) groups excluding carboxylic acids is 4. The number of hydrogen-bond acceptors (Lipinski definition) is 6. The molecular formula is C24H37N5O6. The number of carboxylic acids is 1. The van der Waals surface area contributed by atoms with E-state index >= 15 is 0 Å². The Balaban J connectivity index is 3.05. The fourth-order valence-electron chi connectivity index (χ4n) is 3.22. The molecule has 194 valence electrons. The number of hydrogen-bond donors (Lipinski definition) is 6. The molecule has 0 fully saturated rings. The molecule has 0 saturated carbocycles. The normalized spacial score (nSPS) is 14.5. The van der Waals surface area contributed by atoms with Crippen LogP contribution in [-0.4, -0.2) is 58.9 Å². The smallest absolute Gasteiger partial charge is 0.326 e. The molecule has 11 heteroatoms. The molecule has 0 saturated heterocycles. The lowest BCUT2D eigenvalue weighted by Crippen LogP contribution is -2.59. The predicted molar refractivity (Wildman–Crippen MR) is 130 cm³/mol. The van der Waals surface area contributed by atoms with Crippen LogP contribution in [0.4, 0.5) is 0 Å². The molecule has 4 amide bonds. The van der Waals surface area contributed by atoms with Crippen LogP contribution < -0.4 is 27.4 Å². The number of primary amides is 1. The third kappa shape index (κ3) is 10.1. The fourth-order valence-corrected chi connectivity index (χ4v) is 3.22. The largest absolute Gasteiger partial charge is 0.480 e. The highest BCUT2D eigenvalue weighted by Gasteiger charge is 2.32. The molecule has 1 aromatic carbocycles. The Labute approximate surface area is 205 Å². The molecule has 0 bridgehead atoms. The van der Waals surface area contributed by atoms with Gasteiger partial charge in [-0.25, -0.2) is 4.79 Å². The van der Waals surface area contributed by atoms with Gasteiger partial charge in [0.2, 0.25) is 23.6 Å². The molecule has 4 unspecified atom stereocenters. The quantitative estimate of drug-likeness (QED) is 0.205. The van der Waals surface area contributed by atoms with Gasteiger partial charge >= 0.3 is 5.97 Å². The lowest BCUT2D eigenvalue weighted by molar-refractivity contribution is -0.143. The van der Waals surface area contributed by atoms with Gasteiger partial charge in [0.25, 0.3) is 0 Å². The minimum atomic E-state index is -1.35. The number of nitrogens with two attached hydrogens (primary N) is 2. The number of amides is 4. The number of carboxylic acid groups (broad SMARTS) is 1. The van der Waals surface area contributed by atoms with Crippen molar-refractivity contribution in [1.29, 1.82) is 0 Å². The molecule has 0 heterocycles. The van der Waals surface area contributed by atoms with Crippen LogP contribution >= 0.6 is 0 Å². The molecule has 8 N–H and O–H groups in total. The molecule has 11 nitrogen and oxygen atoms in total. The molecule has 1 rings (SSSR count). The van der Waals surface area contributed by atoms with Crippen molar-refractivity contribution >= 4 is 29.6 Å². The zero-order valence-electron chi connectivity index (χ0n) is 20.6. The summed E-state index contributed by atoms with van der Waals surface area (Å²) in [5.41, 5.74) is 11.8. The number of nitrogens with one attached hydrogen (secondary N) is 3. The van der Waals surface area contributed by atoms with Gasteiger partial charge in [-0.3, -0.25) is 19.2 Å². The van der Waals surface area contributed by atoms with E-state index in [2.05, 4.69) is 16.0 Å². The van der Waals surface area contributed by atoms with Crippen molar-refractivity contribution in [2.24, 2.45) is 23.3 Å². The summed E-state index contributed by atoms with van der Waals surface area (Å²) in [7, 11) is 0. The van der Waals surface area contributed by atoms with E-state index in [1.807, 2.05) is 6.07 Å². The fraction of sp³-hybridized carbons (Fsp3) is 0.542. The van der Waals surface area contributed by atoms with Crippen LogP contribution in [0.5, 0.6) is 0 Å². The summed E-state index contributed by atoms with van der Waals surface area (Å²) in [5, 5.41) is 17.0. The summed E-state index contributed by atoms with van der Waals surface area (Å²) < 4.78 is 0. The minimum absolute atomic E-state index is 0.155. The van der Waals surface area contributed by atoms with Crippen molar-refractivity contribution in [1.82, 2.24) is 16.0 Å². The van der Waals surface area contributed by atoms with Crippen LogP contribution in [0.15, 0.2) is 30.3 Å². The third-order valence-corrected chi connectivity index (χ3v) is 5.48. The van der Waals surface area contributed by atoms with Gasteiger partial charge in [-0.15, -0.1) is 0 Å². The summed E-state index contributed by atoms with van der Waals surface area (Å²) in [6.07, 6.45) is -0.252.